The SMILES string of the molecule is Cc1ccccc1[C@H]1[C@@H]2CN(c3ccnc(N)n3)C[C@@H]2CN1C(=O)CN(C)C. The van der Waals surface area contributed by atoms with Gasteiger partial charge in [0.25, 0.3) is 0 Å². The van der Waals surface area contributed by atoms with Gasteiger partial charge < -0.3 is 20.4 Å². The van der Waals surface area contributed by atoms with Crippen LogP contribution < -0.4 is 10.6 Å². The maximum atomic E-state index is 13.0. The van der Waals surface area contributed by atoms with E-state index in [9.17, 15) is 4.79 Å². The Kier molecular flexibility index (Phi) is 4.93. The van der Waals surface area contributed by atoms with Crippen LogP contribution in [-0.4, -0.2) is 65.9 Å². The van der Waals surface area contributed by atoms with Gasteiger partial charge in [-0.15, -0.1) is 0 Å². The topological polar surface area (TPSA) is 78.6 Å². The van der Waals surface area contributed by atoms with Crippen molar-refractivity contribution in [1.29, 1.82) is 0 Å². The zero-order valence-corrected chi connectivity index (χ0v) is 16.7. The van der Waals surface area contributed by atoms with Crippen LogP contribution in [0.1, 0.15) is 17.2 Å². The number of aromatic nitrogens is 2. The van der Waals surface area contributed by atoms with E-state index in [2.05, 4.69) is 51.0 Å². The first-order valence-corrected chi connectivity index (χ1v) is 9.77. The first kappa shape index (κ1) is 18.7. The fourth-order valence-corrected chi connectivity index (χ4v) is 4.71. The number of anilines is 2. The van der Waals surface area contributed by atoms with Gasteiger partial charge in [0, 0.05) is 37.7 Å². The molecular weight excluding hydrogens is 352 g/mol. The van der Waals surface area contributed by atoms with Gasteiger partial charge in [0.05, 0.1) is 12.6 Å². The molecule has 2 aliphatic rings. The van der Waals surface area contributed by atoms with Crippen LogP contribution >= 0.6 is 0 Å². The summed E-state index contributed by atoms with van der Waals surface area (Å²) in [7, 11) is 3.89. The predicted molar refractivity (Wildman–Crippen MR) is 110 cm³/mol. The number of hydrogen-bond donors (Lipinski definition) is 1. The van der Waals surface area contributed by atoms with Gasteiger partial charge >= 0.3 is 0 Å². The number of nitrogens with zero attached hydrogens (tertiary/aromatic N) is 5. The number of carbonyl (C=O) groups excluding carboxylic acids is 1. The molecule has 2 aromatic rings. The van der Waals surface area contributed by atoms with Gasteiger partial charge in [0.2, 0.25) is 11.9 Å². The Bertz CT molecular complexity index is 869. The average molecular weight is 380 g/mol. The van der Waals surface area contributed by atoms with Crippen LogP contribution in [0.15, 0.2) is 36.5 Å². The molecule has 3 heterocycles. The van der Waals surface area contributed by atoms with Crippen molar-refractivity contribution in [1.82, 2.24) is 19.8 Å². The predicted octanol–water partition coefficient (Wildman–Crippen LogP) is 1.56. The minimum absolute atomic E-state index is 0.0998. The van der Waals surface area contributed by atoms with E-state index in [4.69, 9.17) is 5.73 Å². The maximum Gasteiger partial charge on any atom is 0.237 e. The third-order valence-electron chi connectivity index (χ3n) is 5.93. The first-order chi connectivity index (χ1) is 13.4. The molecule has 0 saturated carbocycles. The maximum absolute atomic E-state index is 13.0. The summed E-state index contributed by atoms with van der Waals surface area (Å²) < 4.78 is 0. The van der Waals surface area contributed by atoms with E-state index in [1.54, 1.807) is 6.20 Å². The van der Waals surface area contributed by atoms with Crippen molar-refractivity contribution in [2.24, 2.45) is 11.8 Å². The summed E-state index contributed by atoms with van der Waals surface area (Å²) in [6.45, 7) is 5.11. The fourth-order valence-electron chi connectivity index (χ4n) is 4.71. The largest absolute Gasteiger partial charge is 0.368 e. The lowest BCUT2D eigenvalue weighted by molar-refractivity contribution is -0.133. The molecule has 28 heavy (non-hydrogen) atoms. The lowest BCUT2D eigenvalue weighted by Crippen LogP contribution is -2.40. The summed E-state index contributed by atoms with van der Waals surface area (Å²) in [5, 5.41) is 0. The summed E-state index contributed by atoms with van der Waals surface area (Å²) in [5.41, 5.74) is 8.27. The van der Waals surface area contributed by atoms with Crippen molar-refractivity contribution in [3.05, 3.63) is 47.7 Å². The third kappa shape index (κ3) is 3.42. The van der Waals surface area contributed by atoms with E-state index in [1.165, 1.54) is 11.1 Å². The normalized spacial score (nSPS) is 24.1. The summed E-state index contributed by atoms with van der Waals surface area (Å²) in [6, 6.07) is 10.4. The summed E-state index contributed by atoms with van der Waals surface area (Å²) in [5.74, 6) is 2.17. The number of fused-ring (bicyclic) bond motifs is 1. The standard InChI is InChI=1S/C21H28N6O/c1-14-6-4-5-7-16(14)20-17-12-26(18-8-9-23-21(22)24-18)10-15(17)11-27(20)19(28)13-25(2)3/h4-9,15,17,20H,10-13H2,1-3H3,(H2,22,23,24)/t15-,17-,20+/m1/s1. The number of aryl methyl sites for hydroxylation is 1. The number of carbonyl (C=O) groups is 1. The minimum atomic E-state index is 0.0998. The molecule has 0 spiro atoms. The highest BCUT2D eigenvalue weighted by Crippen LogP contribution is 2.46. The van der Waals surface area contributed by atoms with E-state index in [1.807, 2.05) is 25.1 Å². The van der Waals surface area contributed by atoms with Gasteiger partial charge in [-0.3, -0.25) is 4.79 Å². The zero-order valence-electron chi connectivity index (χ0n) is 16.7. The van der Waals surface area contributed by atoms with Crippen LogP contribution in [0.4, 0.5) is 11.8 Å². The Balaban J connectivity index is 1.64. The number of nitrogens with two attached hydrogens (primary N) is 1. The van der Waals surface area contributed by atoms with E-state index in [0.29, 0.717) is 24.3 Å². The van der Waals surface area contributed by atoms with Gasteiger partial charge in [-0.25, -0.2) is 4.98 Å². The van der Waals surface area contributed by atoms with Crippen LogP contribution in [-0.2, 0) is 4.79 Å². The molecule has 2 saturated heterocycles. The molecule has 2 aliphatic heterocycles. The summed E-state index contributed by atoms with van der Waals surface area (Å²) in [4.78, 5) is 27.7. The van der Waals surface area contributed by atoms with E-state index in [0.717, 1.165) is 25.5 Å². The van der Waals surface area contributed by atoms with Gasteiger partial charge in [0.1, 0.15) is 5.82 Å². The van der Waals surface area contributed by atoms with Crippen molar-refractivity contribution in [2.45, 2.75) is 13.0 Å². The number of hydrogen-bond acceptors (Lipinski definition) is 6. The van der Waals surface area contributed by atoms with E-state index < -0.39 is 0 Å². The molecule has 2 N–H and O–H groups in total. The molecule has 7 nitrogen and oxygen atoms in total. The van der Waals surface area contributed by atoms with Gasteiger partial charge in [0.15, 0.2) is 0 Å². The molecular formula is C21H28N6O. The molecule has 4 rings (SSSR count). The van der Waals surface area contributed by atoms with Crippen LogP contribution in [0.25, 0.3) is 0 Å². The monoisotopic (exact) mass is 380 g/mol. The number of amides is 1. The minimum Gasteiger partial charge on any atom is -0.368 e. The van der Waals surface area contributed by atoms with Gasteiger partial charge in [-0.2, -0.15) is 4.98 Å². The number of rotatable bonds is 4. The Hall–Kier alpha value is -2.67. The molecule has 148 valence electrons. The lowest BCUT2D eigenvalue weighted by atomic mass is 9.87. The van der Waals surface area contributed by atoms with Crippen LogP contribution in [0.2, 0.25) is 0 Å². The third-order valence-corrected chi connectivity index (χ3v) is 5.93. The molecule has 0 bridgehead atoms. The fraction of sp³-hybridized carbons (Fsp3) is 0.476. The highest BCUT2D eigenvalue weighted by Gasteiger charge is 2.49. The van der Waals surface area contributed by atoms with Crippen LogP contribution in [0.5, 0.6) is 0 Å². The number of benzene rings is 1. The number of likely N-dealkylation sites (tertiary alicyclic amines) is 1. The van der Waals surface area contributed by atoms with E-state index >= 15 is 0 Å². The quantitative estimate of drug-likeness (QED) is 0.867. The first-order valence-electron chi connectivity index (χ1n) is 9.77. The molecule has 7 heteroatoms. The lowest BCUT2D eigenvalue weighted by Gasteiger charge is -2.32. The van der Waals surface area contributed by atoms with Crippen molar-refractivity contribution in [3.63, 3.8) is 0 Å². The van der Waals surface area contributed by atoms with Gasteiger partial charge in [-0.1, -0.05) is 24.3 Å². The second kappa shape index (κ2) is 7.39. The van der Waals surface area contributed by atoms with E-state index in [-0.39, 0.29) is 11.9 Å². The average Bonchev–Trinajstić information content (AvgIpc) is 3.20. The van der Waals surface area contributed by atoms with Crippen molar-refractivity contribution >= 4 is 17.7 Å². The molecule has 3 atom stereocenters. The van der Waals surface area contributed by atoms with Crippen molar-refractivity contribution < 1.29 is 4.79 Å². The Morgan fingerprint density at radius 1 is 1.21 bits per heavy atom. The summed E-state index contributed by atoms with van der Waals surface area (Å²) in [6.07, 6.45) is 1.71. The molecule has 0 unspecified atom stereocenters. The van der Waals surface area contributed by atoms with Crippen LogP contribution in [0.3, 0.4) is 0 Å². The molecule has 1 amide bonds. The zero-order chi connectivity index (χ0) is 19.8. The Morgan fingerprint density at radius 2 is 2.00 bits per heavy atom. The molecule has 1 aromatic heterocycles. The smallest absolute Gasteiger partial charge is 0.237 e. The molecule has 0 aliphatic carbocycles. The van der Waals surface area contributed by atoms with Crippen molar-refractivity contribution in [2.75, 3.05) is 50.9 Å². The van der Waals surface area contributed by atoms with Crippen LogP contribution in [0, 0.1) is 18.8 Å². The number of nitrogen functional groups attached to an aromatic ring is 1. The molecule has 2 fully saturated rings. The van der Waals surface area contributed by atoms with Gasteiger partial charge in [-0.05, 0) is 38.2 Å². The Morgan fingerprint density at radius 3 is 2.71 bits per heavy atom. The highest BCUT2D eigenvalue weighted by atomic mass is 16.2. The second-order valence-corrected chi connectivity index (χ2v) is 8.19. The highest BCUT2D eigenvalue weighted by molar-refractivity contribution is 5.79. The molecule has 0 radical (unpaired) electrons. The molecule has 1 aromatic carbocycles. The number of likely N-dealkylation sites (N-methyl/N-ethyl adjacent to an activating group) is 1. The second-order valence-electron chi connectivity index (χ2n) is 8.19. The summed E-state index contributed by atoms with van der Waals surface area (Å²) >= 11 is 0. The van der Waals surface area contributed by atoms with Crippen molar-refractivity contribution in [3.8, 4) is 0 Å². The Labute approximate surface area is 166 Å².